The van der Waals surface area contributed by atoms with Gasteiger partial charge in [0.15, 0.2) is 11.4 Å². The molecule has 1 N–H and O–H groups in total. The Kier molecular flexibility index (Phi) is 6.96. The van der Waals surface area contributed by atoms with Crippen LogP contribution in [-0.4, -0.2) is 46.9 Å². The van der Waals surface area contributed by atoms with E-state index < -0.39 is 11.4 Å². The van der Waals surface area contributed by atoms with Crippen molar-refractivity contribution in [3.05, 3.63) is 106 Å². The third-order valence-electron chi connectivity index (χ3n) is 5.93. The minimum absolute atomic E-state index is 0.0686. The van der Waals surface area contributed by atoms with Gasteiger partial charge in [0.1, 0.15) is 11.6 Å². The van der Waals surface area contributed by atoms with Gasteiger partial charge in [0, 0.05) is 24.3 Å². The van der Waals surface area contributed by atoms with Crippen LogP contribution in [0.5, 0.6) is 11.5 Å². The second-order valence-corrected chi connectivity index (χ2v) is 8.60. The maximum absolute atomic E-state index is 13.5. The molecule has 0 spiro atoms. The Morgan fingerprint density at radius 3 is 2.46 bits per heavy atom. The molecule has 188 valence electrons. The summed E-state index contributed by atoms with van der Waals surface area (Å²) in [5, 5.41) is 7.37. The van der Waals surface area contributed by atoms with E-state index in [1.54, 1.807) is 35.2 Å². The zero-order valence-corrected chi connectivity index (χ0v) is 20.2. The van der Waals surface area contributed by atoms with Crippen molar-refractivity contribution in [1.29, 1.82) is 0 Å². The number of hydrogen-bond acceptors (Lipinski definition) is 6. The number of anilines is 2. The first-order valence-electron chi connectivity index (χ1n) is 11.8. The predicted molar refractivity (Wildman–Crippen MR) is 137 cm³/mol. The number of rotatable bonds is 6. The number of carbonyl (C=O) groups excluding carboxylic acids is 1. The molecule has 1 fully saturated rings. The van der Waals surface area contributed by atoms with E-state index >= 15 is 0 Å². The predicted octanol–water partition coefficient (Wildman–Crippen LogP) is 4.69. The molecule has 0 unspecified atom stereocenters. The molecule has 37 heavy (non-hydrogen) atoms. The van der Waals surface area contributed by atoms with E-state index in [4.69, 9.17) is 9.47 Å². The van der Waals surface area contributed by atoms with Crippen molar-refractivity contribution in [1.82, 2.24) is 14.7 Å². The van der Waals surface area contributed by atoms with Gasteiger partial charge in [-0.05, 0) is 73.2 Å². The van der Waals surface area contributed by atoms with Crippen LogP contribution in [0.3, 0.4) is 0 Å². The molecule has 9 heteroatoms. The molecule has 1 amide bonds. The lowest BCUT2D eigenvalue weighted by molar-refractivity contribution is 0.0303. The molecule has 3 aromatic carbocycles. The molecule has 0 radical (unpaired) electrons. The Labute approximate surface area is 212 Å². The first-order valence-corrected chi connectivity index (χ1v) is 11.8. The van der Waals surface area contributed by atoms with E-state index in [1.807, 2.05) is 25.1 Å². The zero-order chi connectivity index (χ0) is 25.8. The van der Waals surface area contributed by atoms with Gasteiger partial charge in [0.05, 0.1) is 25.1 Å². The molecule has 1 aliphatic rings. The van der Waals surface area contributed by atoms with E-state index in [9.17, 15) is 14.0 Å². The number of nitrogens with zero attached hydrogens (tertiary/aromatic N) is 3. The van der Waals surface area contributed by atoms with Crippen LogP contribution < -0.4 is 15.6 Å². The van der Waals surface area contributed by atoms with Crippen molar-refractivity contribution >= 4 is 17.3 Å². The highest BCUT2D eigenvalue weighted by Crippen LogP contribution is 2.29. The number of amides is 1. The fourth-order valence-electron chi connectivity index (χ4n) is 3.99. The number of nitrogens with one attached hydrogen (secondary N) is 1. The summed E-state index contributed by atoms with van der Waals surface area (Å²) in [6.45, 7) is 4.10. The summed E-state index contributed by atoms with van der Waals surface area (Å²) in [5.41, 5.74) is 2.20. The zero-order valence-electron chi connectivity index (χ0n) is 20.2. The molecule has 0 atom stereocenters. The Morgan fingerprint density at radius 1 is 1.03 bits per heavy atom. The minimum atomic E-state index is -0.481. The Balaban J connectivity index is 1.47. The van der Waals surface area contributed by atoms with Crippen molar-refractivity contribution in [3.8, 4) is 17.2 Å². The van der Waals surface area contributed by atoms with Crippen molar-refractivity contribution in [2.24, 2.45) is 0 Å². The molecule has 0 aliphatic carbocycles. The molecule has 4 aromatic rings. The summed E-state index contributed by atoms with van der Waals surface area (Å²) in [7, 11) is 0. The van der Waals surface area contributed by atoms with Gasteiger partial charge >= 0.3 is 0 Å². The summed E-state index contributed by atoms with van der Waals surface area (Å²) in [6, 6.07) is 19.8. The van der Waals surface area contributed by atoms with Gasteiger partial charge in [-0.25, -0.2) is 4.39 Å². The highest BCUT2D eigenvalue weighted by molar-refractivity contribution is 5.94. The normalized spacial score (nSPS) is 13.3. The molecule has 5 rings (SSSR count). The van der Waals surface area contributed by atoms with Crippen LogP contribution in [0.2, 0.25) is 0 Å². The van der Waals surface area contributed by atoms with Gasteiger partial charge in [-0.3, -0.25) is 9.59 Å². The number of morpholine rings is 1. The Hall–Kier alpha value is -4.50. The van der Waals surface area contributed by atoms with Crippen LogP contribution in [0.1, 0.15) is 15.9 Å². The fraction of sp³-hybridized carbons (Fsp3) is 0.179. The standard InChI is InChI=1S/C28H25FN4O4/c1-19-3-2-4-24(17-19)37-25-18-30-33(23-11-7-21(29)8-12-23)28(35)26(25)31-22-9-5-20(6-10-22)27(34)32-13-15-36-16-14-32/h2-12,17-18,31H,13-16H2,1H3. The van der Waals surface area contributed by atoms with Crippen LogP contribution in [-0.2, 0) is 4.74 Å². The first-order chi connectivity index (χ1) is 18.0. The highest BCUT2D eigenvalue weighted by Gasteiger charge is 2.19. The number of aromatic nitrogens is 2. The third kappa shape index (κ3) is 5.52. The van der Waals surface area contributed by atoms with Crippen LogP contribution in [0, 0.1) is 12.7 Å². The first kappa shape index (κ1) is 24.2. The third-order valence-corrected chi connectivity index (χ3v) is 5.93. The lowest BCUT2D eigenvalue weighted by Crippen LogP contribution is -2.40. The molecule has 0 saturated carbocycles. The molecule has 2 heterocycles. The van der Waals surface area contributed by atoms with Gasteiger partial charge in [-0.2, -0.15) is 9.78 Å². The second kappa shape index (κ2) is 10.6. The summed E-state index contributed by atoms with van der Waals surface area (Å²) < 4.78 is 26.0. The number of aryl methyl sites for hydroxylation is 1. The molecule has 0 bridgehead atoms. The minimum Gasteiger partial charge on any atom is -0.453 e. The largest absolute Gasteiger partial charge is 0.453 e. The van der Waals surface area contributed by atoms with Gasteiger partial charge < -0.3 is 19.7 Å². The average molecular weight is 501 g/mol. The van der Waals surface area contributed by atoms with Crippen molar-refractivity contribution in [2.75, 3.05) is 31.6 Å². The number of benzene rings is 3. The molecular weight excluding hydrogens is 475 g/mol. The second-order valence-electron chi connectivity index (χ2n) is 8.60. The van der Waals surface area contributed by atoms with Crippen LogP contribution in [0.25, 0.3) is 5.69 Å². The number of carbonyl (C=O) groups is 1. The average Bonchev–Trinajstić information content (AvgIpc) is 2.92. The quantitative estimate of drug-likeness (QED) is 0.414. The van der Waals surface area contributed by atoms with E-state index in [0.717, 1.165) is 5.56 Å². The van der Waals surface area contributed by atoms with Gasteiger partial charge in [0.25, 0.3) is 11.5 Å². The van der Waals surface area contributed by atoms with E-state index in [-0.39, 0.29) is 17.3 Å². The van der Waals surface area contributed by atoms with Crippen LogP contribution >= 0.6 is 0 Å². The lowest BCUT2D eigenvalue weighted by atomic mass is 10.1. The maximum atomic E-state index is 13.5. The lowest BCUT2D eigenvalue weighted by Gasteiger charge is -2.26. The van der Waals surface area contributed by atoms with Crippen molar-refractivity contribution in [3.63, 3.8) is 0 Å². The fourth-order valence-corrected chi connectivity index (χ4v) is 3.99. The van der Waals surface area contributed by atoms with Crippen LogP contribution in [0.15, 0.2) is 83.8 Å². The Bertz CT molecular complexity index is 1460. The van der Waals surface area contributed by atoms with Gasteiger partial charge in [-0.1, -0.05) is 12.1 Å². The van der Waals surface area contributed by atoms with E-state index in [0.29, 0.717) is 49.0 Å². The van der Waals surface area contributed by atoms with Crippen molar-refractivity contribution < 1.29 is 18.7 Å². The maximum Gasteiger partial charge on any atom is 0.299 e. The number of hydrogen-bond donors (Lipinski definition) is 1. The number of halogens is 1. The summed E-state index contributed by atoms with van der Waals surface area (Å²) in [4.78, 5) is 28.0. The van der Waals surface area contributed by atoms with Crippen LogP contribution in [0.4, 0.5) is 15.8 Å². The molecular formula is C28H25FN4O4. The summed E-state index contributed by atoms with van der Waals surface area (Å²) in [6.07, 6.45) is 1.44. The monoisotopic (exact) mass is 500 g/mol. The Morgan fingerprint density at radius 2 is 1.76 bits per heavy atom. The highest BCUT2D eigenvalue weighted by atomic mass is 19.1. The molecule has 1 saturated heterocycles. The molecule has 1 aromatic heterocycles. The van der Waals surface area contributed by atoms with Gasteiger partial charge in [0.2, 0.25) is 0 Å². The van der Waals surface area contributed by atoms with Crippen molar-refractivity contribution in [2.45, 2.75) is 6.92 Å². The smallest absolute Gasteiger partial charge is 0.299 e. The topological polar surface area (TPSA) is 85.7 Å². The summed E-state index contributed by atoms with van der Waals surface area (Å²) in [5.74, 6) is 0.292. The summed E-state index contributed by atoms with van der Waals surface area (Å²) >= 11 is 0. The number of ether oxygens (including phenoxy) is 2. The molecule has 1 aliphatic heterocycles. The SMILES string of the molecule is Cc1cccc(Oc2cnn(-c3ccc(F)cc3)c(=O)c2Nc2ccc(C(=O)N3CCOCC3)cc2)c1. The van der Waals surface area contributed by atoms with E-state index in [1.165, 1.54) is 35.1 Å². The van der Waals surface area contributed by atoms with Gasteiger partial charge in [-0.15, -0.1) is 0 Å². The molecule has 8 nitrogen and oxygen atoms in total. The van der Waals surface area contributed by atoms with E-state index in [2.05, 4.69) is 10.4 Å².